The highest BCUT2D eigenvalue weighted by molar-refractivity contribution is 6.28. The third-order valence-electron chi connectivity index (χ3n) is 2.29. The molecular formula is C11H12ClN3. The van der Waals surface area contributed by atoms with E-state index in [1.807, 2.05) is 18.2 Å². The highest BCUT2D eigenvalue weighted by Gasteiger charge is 2.14. The van der Waals surface area contributed by atoms with Gasteiger partial charge in [-0.1, -0.05) is 26.8 Å². The van der Waals surface area contributed by atoms with Crippen molar-refractivity contribution in [3.05, 3.63) is 29.0 Å². The van der Waals surface area contributed by atoms with Crippen LogP contribution in [-0.2, 0) is 5.41 Å². The van der Waals surface area contributed by atoms with Crippen LogP contribution in [0.25, 0.3) is 11.0 Å². The smallest absolute Gasteiger partial charge is 0.215 e. The second kappa shape index (κ2) is 3.42. The summed E-state index contributed by atoms with van der Waals surface area (Å²) in [5.41, 5.74) is 2.88. The second-order valence-corrected chi connectivity index (χ2v) is 4.87. The summed E-state index contributed by atoms with van der Waals surface area (Å²) in [6, 6.07) is 5.98. The molecule has 0 aliphatic rings. The van der Waals surface area contributed by atoms with Crippen LogP contribution < -0.4 is 0 Å². The van der Waals surface area contributed by atoms with Crippen LogP contribution in [0, 0.1) is 0 Å². The summed E-state index contributed by atoms with van der Waals surface area (Å²) in [6.45, 7) is 6.47. The van der Waals surface area contributed by atoms with E-state index < -0.39 is 0 Å². The minimum Gasteiger partial charge on any atom is -0.215 e. The van der Waals surface area contributed by atoms with Gasteiger partial charge in [0.05, 0.1) is 5.52 Å². The van der Waals surface area contributed by atoms with Gasteiger partial charge in [0.1, 0.15) is 5.52 Å². The topological polar surface area (TPSA) is 38.7 Å². The van der Waals surface area contributed by atoms with E-state index >= 15 is 0 Å². The number of hydrogen-bond donors (Lipinski definition) is 0. The van der Waals surface area contributed by atoms with E-state index in [1.165, 1.54) is 5.56 Å². The molecule has 2 aromatic rings. The lowest BCUT2D eigenvalue weighted by Crippen LogP contribution is -2.10. The maximum atomic E-state index is 5.70. The number of halogens is 1. The van der Waals surface area contributed by atoms with Crippen molar-refractivity contribution >= 4 is 22.6 Å². The first-order chi connectivity index (χ1) is 6.97. The average molecular weight is 222 g/mol. The molecule has 15 heavy (non-hydrogen) atoms. The van der Waals surface area contributed by atoms with Gasteiger partial charge in [-0.15, -0.1) is 10.2 Å². The lowest BCUT2D eigenvalue weighted by molar-refractivity contribution is 0.591. The van der Waals surface area contributed by atoms with Crippen LogP contribution >= 0.6 is 11.6 Å². The third kappa shape index (κ3) is 2.07. The molecule has 0 N–H and O–H groups in total. The van der Waals surface area contributed by atoms with Crippen molar-refractivity contribution < 1.29 is 0 Å². The molecule has 0 fully saturated rings. The standard InChI is InChI=1S/C11H12ClN3/c1-11(2,3)7-4-5-8-9(6-7)13-10(12)15-14-8/h4-6H,1-3H3. The monoisotopic (exact) mass is 221 g/mol. The van der Waals surface area contributed by atoms with E-state index in [-0.39, 0.29) is 10.7 Å². The largest absolute Gasteiger partial charge is 0.243 e. The van der Waals surface area contributed by atoms with Gasteiger partial charge in [0.2, 0.25) is 5.28 Å². The molecule has 78 valence electrons. The van der Waals surface area contributed by atoms with E-state index in [0.29, 0.717) is 0 Å². The fourth-order valence-corrected chi connectivity index (χ4v) is 1.51. The molecule has 0 radical (unpaired) electrons. The molecule has 0 saturated heterocycles. The van der Waals surface area contributed by atoms with E-state index in [0.717, 1.165) is 11.0 Å². The molecule has 1 heterocycles. The molecular weight excluding hydrogens is 210 g/mol. The van der Waals surface area contributed by atoms with Crippen LogP contribution in [0.2, 0.25) is 5.28 Å². The van der Waals surface area contributed by atoms with E-state index in [4.69, 9.17) is 11.6 Å². The average Bonchev–Trinajstić information content (AvgIpc) is 2.15. The van der Waals surface area contributed by atoms with Crippen LogP contribution in [0.3, 0.4) is 0 Å². The van der Waals surface area contributed by atoms with E-state index in [9.17, 15) is 0 Å². The second-order valence-electron chi connectivity index (χ2n) is 4.53. The Kier molecular flexibility index (Phi) is 2.35. The summed E-state index contributed by atoms with van der Waals surface area (Å²) in [6.07, 6.45) is 0. The van der Waals surface area contributed by atoms with Gasteiger partial charge in [0, 0.05) is 0 Å². The SMILES string of the molecule is CC(C)(C)c1ccc2nnc(Cl)nc2c1. The summed E-state index contributed by atoms with van der Waals surface area (Å²) >= 11 is 5.70. The zero-order valence-corrected chi connectivity index (χ0v) is 9.71. The van der Waals surface area contributed by atoms with Crippen LogP contribution in [0.5, 0.6) is 0 Å². The fraction of sp³-hybridized carbons (Fsp3) is 0.364. The van der Waals surface area contributed by atoms with Gasteiger partial charge in [-0.2, -0.15) is 0 Å². The van der Waals surface area contributed by atoms with Gasteiger partial charge in [0.15, 0.2) is 0 Å². The first-order valence-electron chi connectivity index (χ1n) is 4.77. The number of aromatic nitrogens is 3. The van der Waals surface area contributed by atoms with Crippen molar-refractivity contribution in [3.8, 4) is 0 Å². The molecule has 0 aliphatic heterocycles. The molecule has 0 atom stereocenters. The van der Waals surface area contributed by atoms with Gasteiger partial charge in [-0.05, 0) is 34.7 Å². The highest BCUT2D eigenvalue weighted by Crippen LogP contribution is 2.24. The molecule has 1 aromatic heterocycles. The van der Waals surface area contributed by atoms with Crippen molar-refractivity contribution in [2.24, 2.45) is 0 Å². The number of benzene rings is 1. The van der Waals surface area contributed by atoms with Crippen molar-refractivity contribution in [1.82, 2.24) is 15.2 Å². The lowest BCUT2D eigenvalue weighted by Gasteiger charge is -2.18. The zero-order valence-electron chi connectivity index (χ0n) is 8.95. The number of hydrogen-bond acceptors (Lipinski definition) is 3. The number of fused-ring (bicyclic) bond motifs is 1. The molecule has 4 heteroatoms. The van der Waals surface area contributed by atoms with Crippen LogP contribution in [0.1, 0.15) is 26.3 Å². The van der Waals surface area contributed by atoms with Crippen LogP contribution in [0.4, 0.5) is 0 Å². The summed E-state index contributed by atoms with van der Waals surface area (Å²) < 4.78 is 0. The van der Waals surface area contributed by atoms with Gasteiger partial charge >= 0.3 is 0 Å². The Morgan fingerprint density at radius 1 is 1.07 bits per heavy atom. The van der Waals surface area contributed by atoms with Gasteiger partial charge in [-0.3, -0.25) is 0 Å². The fourth-order valence-electron chi connectivity index (χ4n) is 1.38. The first kappa shape index (κ1) is 10.3. The summed E-state index contributed by atoms with van der Waals surface area (Å²) in [5, 5.41) is 7.85. The molecule has 0 amide bonds. The highest BCUT2D eigenvalue weighted by atomic mass is 35.5. The van der Waals surface area contributed by atoms with E-state index in [1.54, 1.807) is 0 Å². The Morgan fingerprint density at radius 2 is 1.80 bits per heavy atom. The predicted octanol–water partition coefficient (Wildman–Crippen LogP) is 2.98. The molecule has 3 nitrogen and oxygen atoms in total. The van der Waals surface area contributed by atoms with Gasteiger partial charge < -0.3 is 0 Å². The van der Waals surface area contributed by atoms with Gasteiger partial charge in [-0.25, -0.2) is 4.98 Å². The van der Waals surface area contributed by atoms with Crippen molar-refractivity contribution in [3.63, 3.8) is 0 Å². The molecule has 0 bridgehead atoms. The van der Waals surface area contributed by atoms with Gasteiger partial charge in [0.25, 0.3) is 0 Å². The van der Waals surface area contributed by atoms with Crippen molar-refractivity contribution in [1.29, 1.82) is 0 Å². The summed E-state index contributed by atoms with van der Waals surface area (Å²) in [4.78, 5) is 4.14. The van der Waals surface area contributed by atoms with Crippen LogP contribution in [-0.4, -0.2) is 15.2 Å². The Labute approximate surface area is 93.5 Å². The quantitative estimate of drug-likeness (QED) is 0.687. The van der Waals surface area contributed by atoms with Crippen molar-refractivity contribution in [2.75, 3.05) is 0 Å². The number of rotatable bonds is 0. The molecule has 0 unspecified atom stereocenters. The van der Waals surface area contributed by atoms with Crippen LogP contribution in [0.15, 0.2) is 18.2 Å². The Morgan fingerprint density at radius 3 is 2.47 bits per heavy atom. The Bertz CT molecular complexity index is 503. The minimum absolute atomic E-state index is 0.103. The maximum Gasteiger partial charge on any atom is 0.243 e. The molecule has 0 spiro atoms. The minimum atomic E-state index is 0.103. The zero-order chi connectivity index (χ0) is 11.1. The molecule has 0 saturated carbocycles. The maximum absolute atomic E-state index is 5.70. The van der Waals surface area contributed by atoms with E-state index in [2.05, 4.69) is 36.0 Å². The Balaban J connectivity index is 2.64. The molecule has 0 aliphatic carbocycles. The third-order valence-corrected chi connectivity index (χ3v) is 2.45. The number of nitrogens with zero attached hydrogens (tertiary/aromatic N) is 3. The predicted molar refractivity (Wildman–Crippen MR) is 61.0 cm³/mol. The lowest BCUT2D eigenvalue weighted by atomic mass is 9.87. The van der Waals surface area contributed by atoms with Crippen molar-refractivity contribution in [2.45, 2.75) is 26.2 Å². The summed E-state index contributed by atoms with van der Waals surface area (Å²) in [5.74, 6) is 0. The molecule has 2 rings (SSSR count). The molecule has 1 aromatic carbocycles. The summed E-state index contributed by atoms with van der Waals surface area (Å²) in [7, 11) is 0. The first-order valence-corrected chi connectivity index (χ1v) is 5.15. The Hall–Kier alpha value is -1.22. The normalized spacial score (nSPS) is 12.0.